The summed E-state index contributed by atoms with van der Waals surface area (Å²) in [5.41, 5.74) is 4.15. The molecule has 0 saturated heterocycles. The Bertz CT molecular complexity index is 983. The van der Waals surface area contributed by atoms with Crippen molar-refractivity contribution in [3.05, 3.63) is 72.1 Å². The summed E-state index contributed by atoms with van der Waals surface area (Å²) in [5.74, 6) is -0.350. The number of ether oxygens (including phenoxy) is 1. The Morgan fingerprint density at radius 1 is 1.22 bits per heavy atom. The zero-order valence-electron chi connectivity index (χ0n) is 14.2. The van der Waals surface area contributed by atoms with Gasteiger partial charge in [0.05, 0.1) is 17.9 Å². The first-order chi connectivity index (χ1) is 13.2. The van der Waals surface area contributed by atoms with Gasteiger partial charge in [-0.1, -0.05) is 12.1 Å². The smallest absolute Gasteiger partial charge is 0.274 e. The highest BCUT2D eigenvalue weighted by molar-refractivity contribution is 6.01. The normalized spacial score (nSPS) is 13.1. The molecule has 1 aromatic heterocycles. The first-order valence-electron chi connectivity index (χ1n) is 8.26. The van der Waals surface area contributed by atoms with E-state index in [0.29, 0.717) is 18.0 Å². The Hall–Kier alpha value is -3.65. The molecule has 1 aliphatic heterocycles. The van der Waals surface area contributed by atoms with Crippen LogP contribution in [0.15, 0.2) is 60.9 Å². The lowest BCUT2D eigenvalue weighted by Gasteiger charge is -2.29. The van der Waals surface area contributed by atoms with Crippen LogP contribution in [0.25, 0.3) is 5.69 Å². The molecular formula is C19H16N4O4. The predicted octanol–water partition coefficient (Wildman–Crippen LogP) is 1.92. The van der Waals surface area contributed by atoms with E-state index in [9.17, 15) is 9.59 Å². The van der Waals surface area contributed by atoms with Crippen molar-refractivity contribution < 1.29 is 19.5 Å². The predicted molar refractivity (Wildman–Crippen MR) is 95.9 cm³/mol. The van der Waals surface area contributed by atoms with Gasteiger partial charge in [0.1, 0.15) is 5.75 Å². The Kier molecular flexibility index (Phi) is 4.31. The first-order valence-corrected chi connectivity index (χ1v) is 8.26. The molecule has 0 aliphatic carbocycles. The van der Waals surface area contributed by atoms with Crippen LogP contribution in [-0.4, -0.2) is 33.4 Å². The Balaban J connectivity index is 1.62. The maximum absolute atomic E-state index is 12.4. The number of anilines is 1. The van der Waals surface area contributed by atoms with E-state index < -0.39 is 5.91 Å². The number of carbonyl (C=O) groups is 2. The summed E-state index contributed by atoms with van der Waals surface area (Å²) >= 11 is 0. The minimum Gasteiger partial charge on any atom is -0.482 e. The molecule has 2 amide bonds. The molecule has 0 radical (unpaired) electrons. The minimum atomic E-state index is -0.653. The molecule has 0 bridgehead atoms. The highest BCUT2D eigenvalue weighted by Gasteiger charge is 2.26. The van der Waals surface area contributed by atoms with Gasteiger partial charge < -0.3 is 9.64 Å². The zero-order valence-corrected chi connectivity index (χ0v) is 14.2. The molecule has 0 saturated carbocycles. The maximum atomic E-state index is 12.4. The number of hydrogen-bond acceptors (Lipinski definition) is 5. The van der Waals surface area contributed by atoms with Gasteiger partial charge in [-0.15, -0.1) is 0 Å². The third-order valence-corrected chi connectivity index (χ3v) is 4.31. The molecule has 3 aromatic rings. The fourth-order valence-electron chi connectivity index (χ4n) is 2.94. The fourth-order valence-corrected chi connectivity index (χ4v) is 2.94. The zero-order chi connectivity index (χ0) is 18.8. The Morgan fingerprint density at radius 3 is 2.74 bits per heavy atom. The van der Waals surface area contributed by atoms with Crippen LogP contribution in [0, 0.1) is 0 Å². The molecule has 1 aliphatic rings. The SMILES string of the molecule is O=C(NO)c1ccc2c(c1)N(Cc1ccc(-n3cccn3)cc1)C(=O)CO2. The van der Waals surface area contributed by atoms with Gasteiger partial charge >= 0.3 is 0 Å². The number of aromatic nitrogens is 2. The average molecular weight is 364 g/mol. The Morgan fingerprint density at radius 2 is 2.04 bits per heavy atom. The van der Waals surface area contributed by atoms with Gasteiger partial charge in [0.2, 0.25) is 0 Å². The third kappa shape index (κ3) is 3.25. The lowest BCUT2D eigenvalue weighted by Crippen LogP contribution is -2.38. The van der Waals surface area contributed by atoms with Gasteiger partial charge in [-0.3, -0.25) is 14.8 Å². The van der Waals surface area contributed by atoms with E-state index in [-0.39, 0.29) is 18.1 Å². The van der Waals surface area contributed by atoms with Crippen LogP contribution >= 0.6 is 0 Å². The number of amides is 2. The molecule has 0 spiro atoms. The topological polar surface area (TPSA) is 96.7 Å². The number of benzene rings is 2. The summed E-state index contributed by atoms with van der Waals surface area (Å²) in [4.78, 5) is 25.7. The number of fused-ring (bicyclic) bond motifs is 1. The molecule has 0 fully saturated rings. The van der Waals surface area contributed by atoms with Crippen LogP contribution in [-0.2, 0) is 11.3 Å². The molecule has 0 unspecified atom stereocenters. The van der Waals surface area contributed by atoms with Crippen molar-refractivity contribution in [2.45, 2.75) is 6.54 Å². The summed E-state index contributed by atoms with van der Waals surface area (Å²) in [5, 5.41) is 13.0. The standard InChI is InChI=1S/C19H16N4O4/c24-18-12-27-17-7-4-14(19(25)21-26)10-16(17)22(18)11-13-2-5-15(6-3-13)23-9-1-8-20-23/h1-10,26H,11-12H2,(H,21,25). The monoisotopic (exact) mass is 364 g/mol. The summed E-state index contributed by atoms with van der Waals surface area (Å²) in [7, 11) is 0. The lowest BCUT2D eigenvalue weighted by atomic mass is 10.1. The van der Waals surface area contributed by atoms with Crippen LogP contribution in [0.4, 0.5) is 5.69 Å². The van der Waals surface area contributed by atoms with Crippen molar-refractivity contribution in [2.24, 2.45) is 0 Å². The van der Waals surface area contributed by atoms with E-state index in [1.807, 2.05) is 36.5 Å². The van der Waals surface area contributed by atoms with Crippen LogP contribution in [0.5, 0.6) is 5.75 Å². The van der Waals surface area contributed by atoms with E-state index in [0.717, 1.165) is 11.3 Å². The van der Waals surface area contributed by atoms with E-state index in [4.69, 9.17) is 9.94 Å². The lowest BCUT2D eigenvalue weighted by molar-refractivity contribution is -0.121. The number of hydroxylamine groups is 1. The number of nitrogens with zero attached hydrogens (tertiary/aromatic N) is 3. The van der Waals surface area contributed by atoms with Crippen LogP contribution in [0.1, 0.15) is 15.9 Å². The minimum absolute atomic E-state index is 0.0656. The van der Waals surface area contributed by atoms with Crippen LogP contribution in [0.2, 0.25) is 0 Å². The number of nitrogens with one attached hydrogen (secondary N) is 1. The van der Waals surface area contributed by atoms with E-state index in [1.54, 1.807) is 27.3 Å². The molecule has 2 heterocycles. The highest BCUT2D eigenvalue weighted by atomic mass is 16.5. The van der Waals surface area contributed by atoms with Crippen molar-refractivity contribution in [3.8, 4) is 11.4 Å². The second-order valence-corrected chi connectivity index (χ2v) is 6.01. The first kappa shape index (κ1) is 16.8. The van der Waals surface area contributed by atoms with Gasteiger partial charge in [-0.2, -0.15) is 5.10 Å². The van der Waals surface area contributed by atoms with Crippen molar-refractivity contribution in [1.29, 1.82) is 0 Å². The second-order valence-electron chi connectivity index (χ2n) is 6.01. The largest absolute Gasteiger partial charge is 0.482 e. The number of carbonyl (C=O) groups excluding carboxylic acids is 2. The summed E-state index contributed by atoms with van der Waals surface area (Å²) in [6.07, 6.45) is 3.56. The van der Waals surface area contributed by atoms with Crippen molar-refractivity contribution in [3.63, 3.8) is 0 Å². The summed E-state index contributed by atoms with van der Waals surface area (Å²) in [6.45, 7) is 0.267. The van der Waals surface area contributed by atoms with Crippen molar-refractivity contribution in [2.75, 3.05) is 11.5 Å². The summed E-state index contributed by atoms with van der Waals surface area (Å²) in [6, 6.07) is 14.2. The van der Waals surface area contributed by atoms with Gasteiger partial charge in [0.25, 0.3) is 11.8 Å². The number of hydrogen-bond donors (Lipinski definition) is 2. The molecule has 4 rings (SSSR count). The molecule has 2 N–H and O–H groups in total. The molecule has 27 heavy (non-hydrogen) atoms. The van der Waals surface area contributed by atoms with Gasteiger partial charge in [-0.05, 0) is 42.0 Å². The second kappa shape index (κ2) is 6.93. The Labute approximate surface area is 154 Å². The van der Waals surface area contributed by atoms with Gasteiger partial charge in [-0.25, -0.2) is 10.2 Å². The van der Waals surface area contributed by atoms with E-state index >= 15 is 0 Å². The average Bonchev–Trinajstić information content (AvgIpc) is 3.24. The van der Waals surface area contributed by atoms with E-state index in [1.165, 1.54) is 12.1 Å². The van der Waals surface area contributed by atoms with Crippen molar-refractivity contribution in [1.82, 2.24) is 15.3 Å². The fraction of sp³-hybridized carbons (Fsp3) is 0.105. The van der Waals surface area contributed by atoms with Gasteiger partial charge in [0, 0.05) is 18.0 Å². The quantitative estimate of drug-likeness (QED) is 0.545. The number of rotatable bonds is 4. The van der Waals surface area contributed by atoms with Crippen LogP contribution < -0.4 is 15.1 Å². The molecular weight excluding hydrogens is 348 g/mol. The highest BCUT2D eigenvalue weighted by Crippen LogP contribution is 2.34. The third-order valence-electron chi connectivity index (χ3n) is 4.31. The van der Waals surface area contributed by atoms with Gasteiger partial charge in [0.15, 0.2) is 6.61 Å². The summed E-state index contributed by atoms with van der Waals surface area (Å²) < 4.78 is 7.19. The van der Waals surface area contributed by atoms with Crippen molar-refractivity contribution >= 4 is 17.5 Å². The van der Waals surface area contributed by atoms with E-state index in [2.05, 4.69) is 5.10 Å². The molecule has 8 heteroatoms. The molecule has 2 aromatic carbocycles. The maximum Gasteiger partial charge on any atom is 0.274 e. The molecule has 136 valence electrons. The van der Waals surface area contributed by atoms with Crippen LogP contribution in [0.3, 0.4) is 0 Å². The molecule has 0 atom stereocenters. The molecule has 8 nitrogen and oxygen atoms in total.